The monoisotopic (exact) mass is 352 g/mol. The molecule has 2 aromatic rings. The minimum atomic E-state index is -1.44. The second-order valence-corrected chi connectivity index (χ2v) is 6.16. The molecule has 0 radical (unpaired) electrons. The number of aryl methyl sites for hydroxylation is 1. The Morgan fingerprint density at radius 2 is 2.04 bits per heavy atom. The van der Waals surface area contributed by atoms with E-state index in [0.717, 1.165) is 5.56 Å². The minimum absolute atomic E-state index is 0.321. The fourth-order valence-electron chi connectivity index (χ4n) is 3.09. The summed E-state index contributed by atoms with van der Waals surface area (Å²) in [4.78, 5) is 23.9. The molecule has 0 spiro atoms. The van der Waals surface area contributed by atoms with E-state index in [-0.39, 0.29) is 0 Å². The highest BCUT2D eigenvalue weighted by Crippen LogP contribution is 2.30. The highest BCUT2D eigenvalue weighted by atomic mass is 16.5. The van der Waals surface area contributed by atoms with Crippen LogP contribution < -0.4 is 11.1 Å². The third-order valence-corrected chi connectivity index (χ3v) is 4.29. The van der Waals surface area contributed by atoms with Gasteiger partial charge in [0.1, 0.15) is 24.4 Å². The summed E-state index contributed by atoms with van der Waals surface area (Å²) in [6.07, 6.45) is -5.14. The topological polar surface area (TPSA) is 134 Å². The Hall–Kier alpha value is -2.20. The number of fused-ring (bicyclic) bond motifs is 1. The molecule has 0 saturated carbocycles. The van der Waals surface area contributed by atoms with Gasteiger partial charge in [0.05, 0.1) is 12.1 Å². The summed E-state index contributed by atoms with van der Waals surface area (Å²) in [6, 6.07) is 4.01. The molecule has 3 rings (SSSR count). The van der Waals surface area contributed by atoms with Crippen molar-refractivity contribution in [2.24, 2.45) is 0 Å². The predicted octanol–water partition coefficient (Wildman–Crippen LogP) is -0.981. The van der Waals surface area contributed by atoms with Crippen LogP contribution in [-0.2, 0) is 9.53 Å². The van der Waals surface area contributed by atoms with E-state index >= 15 is 0 Å². The molecule has 1 aromatic carbocycles. The lowest BCUT2D eigenvalue weighted by Crippen LogP contribution is -2.62. The molecular weight excluding hydrogens is 332 g/mol. The van der Waals surface area contributed by atoms with Gasteiger partial charge in [-0.3, -0.25) is 4.79 Å². The quantitative estimate of drug-likeness (QED) is 0.558. The van der Waals surface area contributed by atoms with E-state index in [4.69, 9.17) is 9.15 Å². The summed E-state index contributed by atoms with van der Waals surface area (Å²) in [6.45, 7) is 2.52. The predicted molar refractivity (Wildman–Crippen MR) is 85.8 cm³/mol. The van der Waals surface area contributed by atoms with Gasteiger partial charge in [-0.2, -0.15) is 0 Å². The molecule has 1 aliphatic heterocycles. The number of benzene rings is 1. The van der Waals surface area contributed by atoms with Crippen molar-refractivity contribution in [2.45, 2.75) is 44.4 Å². The highest BCUT2D eigenvalue weighted by molar-refractivity contribution is 5.75. The molecule has 136 valence electrons. The molecule has 9 nitrogen and oxygen atoms in total. The number of carbonyl (C=O) groups excluding carboxylic acids is 1. The van der Waals surface area contributed by atoms with E-state index in [1.165, 1.54) is 11.5 Å². The second kappa shape index (κ2) is 6.60. The van der Waals surface area contributed by atoms with Crippen molar-refractivity contribution in [3.8, 4) is 0 Å². The van der Waals surface area contributed by atoms with E-state index in [9.17, 15) is 24.9 Å². The van der Waals surface area contributed by atoms with Crippen LogP contribution >= 0.6 is 0 Å². The number of ether oxygens (including phenoxy) is 1. The number of amides is 1. The van der Waals surface area contributed by atoms with Crippen molar-refractivity contribution >= 4 is 17.0 Å². The molecule has 1 aliphatic rings. The summed E-state index contributed by atoms with van der Waals surface area (Å²) in [5, 5.41) is 32.3. The first-order valence-corrected chi connectivity index (χ1v) is 7.84. The van der Waals surface area contributed by atoms with E-state index in [0.29, 0.717) is 11.1 Å². The van der Waals surface area contributed by atoms with Gasteiger partial charge in [-0.05, 0) is 24.6 Å². The minimum Gasteiger partial charge on any atom is -0.408 e. The fourth-order valence-corrected chi connectivity index (χ4v) is 3.09. The molecule has 25 heavy (non-hydrogen) atoms. The number of rotatable bonds is 3. The number of carbonyl (C=O) groups is 1. The smallest absolute Gasteiger partial charge is 0.408 e. The van der Waals surface area contributed by atoms with Crippen LogP contribution in [0.25, 0.3) is 11.1 Å². The van der Waals surface area contributed by atoms with Crippen molar-refractivity contribution in [1.82, 2.24) is 9.88 Å². The van der Waals surface area contributed by atoms with Crippen molar-refractivity contribution in [3.05, 3.63) is 34.3 Å². The van der Waals surface area contributed by atoms with Crippen LogP contribution in [0.5, 0.6) is 0 Å². The summed E-state index contributed by atoms with van der Waals surface area (Å²) in [5.41, 5.74) is 1.61. The fraction of sp³-hybridized carbons (Fsp3) is 0.500. The molecule has 9 heteroatoms. The second-order valence-electron chi connectivity index (χ2n) is 6.16. The molecule has 1 amide bonds. The van der Waals surface area contributed by atoms with Gasteiger partial charge in [0.15, 0.2) is 11.8 Å². The maximum atomic E-state index is 12.4. The maximum Gasteiger partial charge on any atom is 0.422 e. The van der Waals surface area contributed by atoms with Gasteiger partial charge in [-0.25, -0.2) is 9.36 Å². The van der Waals surface area contributed by atoms with Crippen LogP contribution in [0.4, 0.5) is 0 Å². The first kappa shape index (κ1) is 17.6. The largest absolute Gasteiger partial charge is 0.422 e. The number of hydrogen-bond donors (Lipinski definition) is 4. The number of nitrogens with one attached hydrogen (secondary N) is 1. The molecule has 4 N–H and O–H groups in total. The zero-order valence-electron chi connectivity index (χ0n) is 13.7. The first-order valence-electron chi connectivity index (χ1n) is 7.84. The van der Waals surface area contributed by atoms with Gasteiger partial charge in [-0.1, -0.05) is 6.07 Å². The number of aromatic nitrogens is 1. The molecule has 1 saturated heterocycles. The average Bonchev–Trinajstić information content (AvgIpc) is 2.87. The zero-order valence-corrected chi connectivity index (χ0v) is 13.7. The summed E-state index contributed by atoms with van der Waals surface area (Å²) >= 11 is 0. The Morgan fingerprint density at radius 1 is 1.32 bits per heavy atom. The molecular formula is C16H20N2O7. The maximum absolute atomic E-state index is 12.4. The van der Waals surface area contributed by atoms with E-state index < -0.39 is 48.9 Å². The molecule has 0 bridgehead atoms. The Bertz CT molecular complexity index is 843. The average molecular weight is 352 g/mol. The molecule has 5 atom stereocenters. The van der Waals surface area contributed by atoms with Gasteiger partial charge in [-0.15, -0.1) is 0 Å². The first-order chi connectivity index (χ1) is 11.8. The molecule has 0 unspecified atom stereocenters. The summed E-state index contributed by atoms with van der Waals surface area (Å²) in [7, 11) is 0. The van der Waals surface area contributed by atoms with E-state index in [2.05, 4.69) is 5.32 Å². The van der Waals surface area contributed by atoms with Crippen LogP contribution in [0.3, 0.4) is 0 Å². The van der Waals surface area contributed by atoms with Gasteiger partial charge in [0.25, 0.3) is 0 Å². The third-order valence-electron chi connectivity index (χ3n) is 4.29. The van der Waals surface area contributed by atoms with Crippen LogP contribution in [0, 0.1) is 6.92 Å². The Morgan fingerprint density at radius 3 is 2.68 bits per heavy atom. The van der Waals surface area contributed by atoms with Crippen molar-refractivity contribution in [2.75, 3.05) is 6.61 Å². The van der Waals surface area contributed by atoms with Gasteiger partial charge >= 0.3 is 5.76 Å². The third kappa shape index (κ3) is 3.07. The van der Waals surface area contributed by atoms with Gasteiger partial charge in [0.2, 0.25) is 5.91 Å². The number of oxazole rings is 1. The SMILES string of the molecule is CC(=O)N[C@@H]1[C@@H](O)[C@H](O)[C@@H](CO)O[C@@H]1n1c(=O)oc2ccc(C)cc21. The molecule has 1 fully saturated rings. The van der Waals surface area contributed by atoms with Crippen molar-refractivity contribution in [3.63, 3.8) is 0 Å². The van der Waals surface area contributed by atoms with Crippen molar-refractivity contribution < 1.29 is 29.3 Å². The molecule has 0 aliphatic carbocycles. The number of nitrogens with zero attached hydrogens (tertiary/aromatic N) is 1. The van der Waals surface area contributed by atoms with Crippen LogP contribution in [0.1, 0.15) is 18.7 Å². The highest BCUT2D eigenvalue weighted by Gasteiger charge is 2.46. The van der Waals surface area contributed by atoms with Gasteiger partial charge < -0.3 is 29.8 Å². The number of aliphatic hydroxyl groups excluding tert-OH is 3. The Labute approximate surface area is 142 Å². The number of hydrogen-bond acceptors (Lipinski definition) is 7. The van der Waals surface area contributed by atoms with Crippen molar-refractivity contribution in [1.29, 1.82) is 0 Å². The van der Waals surface area contributed by atoms with E-state index in [1.807, 2.05) is 6.92 Å². The molecule has 2 heterocycles. The van der Waals surface area contributed by atoms with Gasteiger partial charge in [0, 0.05) is 6.92 Å². The molecule has 1 aromatic heterocycles. The Balaban J connectivity index is 2.14. The Kier molecular flexibility index (Phi) is 4.65. The van der Waals surface area contributed by atoms with Crippen LogP contribution in [-0.4, -0.2) is 56.8 Å². The van der Waals surface area contributed by atoms with Crippen LogP contribution in [0.15, 0.2) is 27.4 Å². The van der Waals surface area contributed by atoms with Crippen LogP contribution in [0.2, 0.25) is 0 Å². The lowest BCUT2D eigenvalue weighted by atomic mass is 9.95. The lowest BCUT2D eigenvalue weighted by Gasteiger charge is -2.42. The lowest BCUT2D eigenvalue weighted by molar-refractivity contribution is -0.216. The normalized spacial score (nSPS) is 29.7. The standard InChI is InChI=1S/C16H20N2O7/c1-7-3-4-10-9(5-7)18(16(23)25-10)15-12(17-8(2)20)14(22)13(21)11(6-19)24-15/h3-5,11-15,19,21-22H,6H2,1-2H3,(H,17,20)/t11-,12-,13-,14-,15+/m1/s1. The number of aliphatic hydroxyl groups is 3. The summed E-state index contributed by atoms with van der Waals surface area (Å²) in [5.74, 6) is -1.20. The summed E-state index contributed by atoms with van der Waals surface area (Å²) < 4.78 is 12.0. The van der Waals surface area contributed by atoms with E-state index in [1.54, 1.807) is 18.2 Å². The zero-order chi connectivity index (χ0) is 18.3.